The molecule has 1 fully saturated rings. The zero-order chi connectivity index (χ0) is 18.4. The van der Waals surface area contributed by atoms with Gasteiger partial charge < -0.3 is 10.2 Å². The molecule has 2 amide bonds. The molecule has 1 aliphatic rings. The summed E-state index contributed by atoms with van der Waals surface area (Å²) in [6.45, 7) is 2.28. The number of carbonyl (C=O) groups excluding carboxylic acids is 2. The Labute approximate surface area is 154 Å². The molecule has 3 rings (SSSR count). The molecule has 2 heterocycles. The highest BCUT2D eigenvalue weighted by molar-refractivity contribution is 7.19. The lowest BCUT2D eigenvalue weighted by molar-refractivity contribution is -0.127. The van der Waals surface area contributed by atoms with Crippen LogP contribution in [0.2, 0.25) is 0 Å². The number of rotatable bonds is 7. The predicted octanol–water partition coefficient (Wildman–Crippen LogP) is 2.09. The Morgan fingerprint density at radius 2 is 2.04 bits per heavy atom. The number of aromatic nitrogens is 2. The van der Waals surface area contributed by atoms with Gasteiger partial charge in [-0.25, -0.2) is 0 Å². The molecule has 1 aliphatic heterocycles. The first kappa shape index (κ1) is 17.8. The zero-order valence-corrected chi connectivity index (χ0v) is 14.9. The Balaban J connectivity index is 1.44. The Bertz CT molecular complexity index is 827. The normalized spacial score (nSPS) is 13.5. The standard InChI is InChI=1S/C17H18N6O2S/c18-11-12-4-6-13(7-5-12)15(25)20-17-22-21-16(26-17)19-8-2-10-23-9-1-3-14(23)24/h4-7H,1-3,8-10H2,(H,19,21)(H,20,22,25). The van der Waals surface area contributed by atoms with E-state index in [1.165, 1.54) is 11.3 Å². The topological polar surface area (TPSA) is 111 Å². The quantitative estimate of drug-likeness (QED) is 0.722. The molecule has 2 aromatic rings. The minimum atomic E-state index is -0.301. The molecule has 0 spiro atoms. The van der Waals surface area contributed by atoms with Gasteiger partial charge in [-0.1, -0.05) is 11.3 Å². The van der Waals surface area contributed by atoms with Crippen LogP contribution in [0.1, 0.15) is 35.2 Å². The Morgan fingerprint density at radius 3 is 2.73 bits per heavy atom. The van der Waals surface area contributed by atoms with Gasteiger partial charge >= 0.3 is 0 Å². The number of carbonyl (C=O) groups is 2. The van der Waals surface area contributed by atoms with Crippen molar-refractivity contribution in [3.8, 4) is 6.07 Å². The highest BCUT2D eigenvalue weighted by atomic mass is 32.1. The van der Waals surface area contributed by atoms with Gasteiger partial charge in [0.1, 0.15) is 0 Å². The maximum Gasteiger partial charge on any atom is 0.257 e. The molecular formula is C17H18N6O2S. The molecule has 8 nitrogen and oxygen atoms in total. The van der Waals surface area contributed by atoms with Crippen LogP contribution in [0.5, 0.6) is 0 Å². The van der Waals surface area contributed by atoms with E-state index in [0.717, 1.165) is 25.9 Å². The van der Waals surface area contributed by atoms with Gasteiger partial charge in [-0.05, 0) is 37.1 Å². The Morgan fingerprint density at radius 1 is 1.27 bits per heavy atom. The van der Waals surface area contributed by atoms with Crippen LogP contribution in [-0.2, 0) is 4.79 Å². The molecule has 134 valence electrons. The second-order valence-corrected chi connectivity index (χ2v) is 6.80. The van der Waals surface area contributed by atoms with Crippen molar-refractivity contribution in [2.45, 2.75) is 19.3 Å². The summed E-state index contributed by atoms with van der Waals surface area (Å²) in [5.74, 6) is -0.0709. The number of amides is 2. The number of hydrogen-bond acceptors (Lipinski definition) is 7. The Hall–Kier alpha value is -2.99. The average Bonchev–Trinajstić information content (AvgIpc) is 3.27. The first-order chi connectivity index (χ1) is 12.7. The third-order valence-electron chi connectivity index (χ3n) is 3.97. The van der Waals surface area contributed by atoms with Crippen molar-refractivity contribution in [2.24, 2.45) is 0 Å². The second-order valence-electron chi connectivity index (χ2n) is 5.82. The lowest BCUT2D eigenvalue weighted by Crippen LogP contribution is -2.26. The number of nitriles is 1. The number of nitrogens with zero attached hydrogens (tertiary/aromatic N) is 4. The predicted molar refractivity (Wildman–Crippen MR) is 97.9 cm³/mol. The molecular weight excluding hydrogens is 352 g/mol. The fourth-order valence-corrected chi connectivity index (χ4v) is 3.28. The fraction of sp³-hybridized carbons (Fsp3) is 0.353. The van der Waals surface area contributed by atoms with E-state index >= 15 is 0 Å². The van der Waals surface area contributed by atoms with Crippen LogP contribution in [0.25, 0.3) is 0 Å². The average molecular weight is 370 g/mol. The Kier molecular flexibility index (Phi) is 5.76. The molecule has 26 heavy (non-hydrogen) atoms. The van der Waals surface area contributed by atoms with Gasteiger partial charge in [0, 0.05) is 31.6 Å². The van der Waals surface area contributed by atoms with Gasteiger partial charge in [0.15, 0.2) is 0 Å². The van der Waals surface area contributed by atoms with Gasteiger partial charge in [-0.15, -0.1) is 10.2 Å². The molecule has 1 aromatic carbocycles. The van der Waals surface area contributed by atoms with Crippen LogP contribution in [-0.4, -0.2) is 46.5 Å². The van der Waals surface area contributed by atoms with Crippen molar-refractivity contribution in [1.29, 1.82) is 5.26 Å². The second kappa shape index (κ2) is 8.40. The van der Waals surface area contributed by atoms with Crippen molar-refractivity contribution >= 4 is 33.4 Å². The maximum absolute atomic E-state index is 12.1. The molecule has 9 heteroatoms. The largest absolute Gasteiger partial charge is 0.360 e. The number of benzene rings is 1. The van der Waals surface area contributed by atoms with Crippen LogP contribution in [0.3, 0.4) is 0 Å². The molecule has 1 aromatic heterocycles. The van der Waals surface area contributed by atoms with Crippen LogP contribution >= 0.6 is 11.3 Å². The molecule has 0 aliphatic carbocycles. The smallest absolute Gasteiger partial charge is 0.257 e. The molecule has 0 unspecified atom stereocenters. The molecule has 1 saturated heterocycles. The minimum absolute atomic E-state index is 0.230. The number of nitrogens with one attached hydrogen (secondary N) is 2. The highest BCUT2D eigenvalue weighted by Gasteiger charge is 2.19. The van der Waals surface area contributed by atoms with Gasteiger partial charge in [0.25, 0.3) is 5.91 Å². The third-order valence-corrected chi connectivity index (χ3v) is 4.77. The van der Waals surface area contributed by atoms with Crippen molar-refractivity contribution < 1.29 is 9.59 Å². The number of anilines is 2. The van der Waals surface area contributed by atoms with E-state index in [9.17, 15) is 9.59 Å². The van der Waals surface area contributed by atoms with Gasteiger partial charge in [-0.3, -0.25) is 14.9 Å². The lowest BCUT2D eigenvalue weighted by Gasteiger charge is -2.14. The van der Waals surface area contributed by atoms with Crippen molar-refractivity contribution in [3.63, 3.8) is 0 Å². The number of likely N-dealkylation sites (tertiary alicyclic amines) is 1. The number of hydrogen-bond donors (Lipinski definition) is 2. The zero-order valence-electron chi connectivity index (χ0n) is 14.1. The summed E-state index contributed by atoms with van der Waals surface area (Å²) in [7, 11) is 0. The van der Waals surface area contributed by atoms with E-state index in [0.29, 0.717) is 34.4 Å². The maximum atomic E-state index is 12.1. The van der Waals surface area contributed by atoms with Gasteiger partial charge in [0.05, 0.1) is 11.6 Å². The van der Waals surface area contributed by atoms with E-state index < -0.39 is 0 Å². The van der Waals surface area contributed by atoms with Crippen molar-refractivity contribution in [2.75, 3.05) is 30.3 Å². The van der Waals surface area contributed by atoms with Gasteiger partial charge in [-0.2, -0.15) is 5.26 Å². The van der Waals surface area contributed by atoms with Crippen LogP contribution < -0.4 is 10.6 Å². The highest BCUT2D eigenvalue weighted by Crippen LogP contribution is 2.20. The van der Waals surface area contributed by atoms with Crippen LogP contribution in [0, 0.1) is 11.3 Å². The first-order valence-electron chi connectivity index (χ1n) is 8.32. The van der Waals surface area contributed by atoms with Gasteiger partial charge in [0.2, 0.25) is 16.2 Å². The van der Waals surface area contributed by atoms with Crippen molar-refractivity contribution in [1.82, 2.24) is 15.1 Å². The lowest BCUT2D eigenvalue weighted by atomic mass is 10.1. The summed E-state index contributed by atoms with van der Waals surface area (Å²) in [4.78, 5) is 25.6. The summed E-state index contributed by atoms with van der Waals surface area (Å²) < 4.78 is 0. The summed E-state index contributed by atoms with van der Waals surface area (Å²) in [5, 5.41) is 23.6. The SMILES string of the molecule is N#Cc1ccc(C(=O)Nc2nnc(NCCCN3CCCC3=O)s2)cc1. The molecule has 0 radical (unpaired) electrons. The molecule has 0 bridgehead atoms. The molecule has 2 N–H and O–H groups in total. The molecule has 0 saturated carbocycles. The van der Waals surface area contributed by atoms with E-state index in [1.807, 2.05) is 11.0 Å². The van der Waals surface area contributed by atoms with Crippen LogP contribution in [0.15, 0.2) is 24.3 Å². The monoisotopic (exact) mass is 370 g/mol. The van der Waals surface area contributed by atoms with E-state index in [1.54, 1.807) is 24.3 Å². The van der Waals surface area contributed by atoms with E-state index in [2.05, 4.69) is 20.8 Å². The summed E-state index contributed by atoms with van der Waals surface area (Å²) in [5.41, 5.74) is 0.948. The minimum Gasteiger partial charge on any atom is -0.360 e. The van der Waals surface area contributed by atoms with Crippen LogP contribution in [0.4, 0.5) is 10.3 Å². The fourth-order valence-electron chi connectivity index (χ4n) is 2.62. The first-order valence-corrected chi connectivity index (χ1v) is 9.14. The molecule has 0 atom stereocenters. The van der Waals surface area contributed by atoms with E-state index in [4.69, 9.17) is 5.26 Å². The summed E-state index contributed by atoms with van der Waals surface area (Å²) >= 11 is 1.25. The summed E-state index contributed by atoms with van der Waals surface area (Å²) in [6.07, 6.45) is 2.44. The van der Waals surface area contributed by atoms with Crippen molar-refractivity contribution in [3.05, 3.63) is 35.4 Å². The third kappa shape index (κ3) is 4.55. The summed E-state index contributed by atoms with van der Waals surface area (Å²) in [6, 6.07) is 8.37. The van der Waals surface area contributed by atoms with E-state index in [-0.39, 0.29) is 11.8 Å².